The van der Waals surface area contributed by atoms with Crippen molar-refractivity contribution < 1.29 is 19.0 Å². The van der Waals surface area contributed by atoms with E-state index in [9.17, 15) is 9.18 Å². The zero-order valence-corrected chi connectivity index (χ0v) is 11.7. The molecule has 0 saturated heterocycles. The van der Waals surface area contributed by atoms with Crippen LogP contribution >= 0.6 is 11.3 Å². The van der Waals surface area contributed by atoms with Crippen LogP contribution in [0.25, 0.3) is 10.1 Å². The van der Waals surface area contributed by atoms with E-state index in [-0.39, 0.29) is 5.82 Å². The van der Waals surface area contributed by atoms with Gasteiger partial charge in [0.2, 0.25) is 0 Å². The lowest BCUT2D eigenvalue weighted by Gasteiger charge is -2.05. The number of carboxylic acids is 1. The molecule has 0 radical (unpaired) electrons. The minimum Gasteiger partial charge on any atom is -0.489 e. The lowest BCUT2D eigenvalue weighted by Crippen LogP contribution is -1.97. The van der Waals surface area contributed by atoms with Crippen molar-refractivity contribution in [3.8, 4) is 5.75 Å². The number of ether oxygens (including phenoxy) is 1. The largest absolute Gasteiger partial charge is 0.489 e. The van der Waals surface area contributed by atoms with Crippen molar-refractivity contribution in [1.82, 2.24) is 0 Å². The van der Waals surface area contributed by atoms with Gasteiger partial charge in [0.25, 0.3) is 0 Å². The first kappa shape index (κ1) is 13.6. The highest BCUT2D eigenvalue weighted by atomic mass is 32.1. The van der Waals surface area contributed by atoms with E-state index < -0.39 is 5.97 Å². The van der Waals surface area contributed by atoms with Crippen LogP contribution in [0.4, 0.5) is 4.39 Å². The van der Waals surface area contributed by atoms with Crippen molar-refractivity contribution in [3.63, 3.8) is 0 Å². The van der Waals surface area contributed by atoms with Gasteiger partial charge in [0.1, 0.15) is 18.2 Å². The minimum absolute atomic E-state index is 0.297. The van der Waals surface area contributed by atoms with Gasteiger partial charge in [0, 0.05) is 10.3 Å². The summed E-state index contributed by atoms with van der Waals surface area (Å²) >= 11 is 1.39. The van der Waals surface area contributed by atoms with Crippen LogP contribution in [0.5, 0.6) is 5.75 Å². The Hall–Kier alpha value is -2.40. The Balaban J connectivity index is 1.86. The maximum Gasteiger partial charge on any atom is 0.337 e. The summed E-state index contributed by atoms with van der Waals surface area (Å²) in [7, 11) is 0. The second-order valence-electron chi connectivity index (χ2n) is 4.49. The smallest absolute Gasteiger partial charge is 0.337 e. The maximum atomic E-state index is 12.8. The van der Waals surface area contributed by atoms with E-state index in [0.717, 1.165) is 15.6 Å². The molecular formula is C16H11FO3S. The molecule has 1 aromatic heterocycles. The van der Waals surface area contributed by atoms with Crippen molar-refractivity contribution in [2.45, 2.75) is 6.61 Å². The highest BCUT2D eigenvalue weighted by Crippen LogP contribution is 2.30. The van der Waals surface area contributed by atoms with Crippen LogP contribution < -0.4 is 4.74 Å². The van der Waals surface area contributed by atoms with Crippen molar-refractivity contribution in [1.29, 1.82) is 0 Å². The van der Waals surface area contributed by atoms with Gasteiger partial charge in [-0.15, -0.1) is 11.3 Å². The number of rotatable bonds is 4. The molecule has 21 heavy (non-hydrogen) atoms. The van der Waals surface area contributed by atoms with Gasteiger partial charge in [-0.3, -0.25) is 0 Å². The molecule has 3 rings (SSSR count). The van der Waals surface area contributed by atoms with Crippen LogP contribution in [0.15, 0.2) is 47.8 Å². The van der Waals surface area contributed by atoms with Crippen LogP contribution in [-0.4, -0.2) is 11.1 Å². The fourth-order valence-corrected chi connectivity index (χ4v) is 3.15. The van der Waals surface area contributed by atoms with Crippen molar-refractivity contribution in [2.24, 2.45) is 0 Å². The normalized spacial score (nSPS) is 10.7. The molecule has 1 N–H and O–H groups in total. The summed E-state index contributed by atoms with van der Waals surface area (Å²) in [5.41, 5.74) is 1.22. The summed E-state index contributed by atoms with van der Waals surface area (Å²) in [4.78, 5) is 11.2. The second kappa shape index (κ2) is 5.54. The number of carboxylic acid groups (broad SMARTS) is 1. The number of thiophene rings is 1. The molecule has 0 bridgehead atoms. The lowest BCUT2D eigenvalue weighted by molar-refractivity contribution is 0.0699. The molecule has 0 aliphatic heterocycles. The summed E-state index contributed by atoms with van der Waals surface area (Å²) in [6.07, 6.45) is 0. The van der Waals surface area contributed by atoms with Gasteiger partial charge in [-0.1, -0.05) is 12.1 Å². The topological polar surface area (TPSA) is 46.5 Å². The quantitative estimate of drug-likeness (QED) is 0.781. The number of carbonyl (C=O) groups is 1. The van der Waals surface area contributed by atoms with Crippen LogP contribution in [-0.2, 0) is 6.61 Å². The Morgan fingerprint density at radius 3 is 2.67 bits per heavy atom. The third kappa shape index (κ3) is 2.73. The number of halogens is 1. The molecule has 0 atom stereocenters. The molecule has 0 unspecified atom stereocenters. The molecule has 1 heterocycles. The molecule has 0 saturated carbocycles. The van der Waals surface area contributed by atoms with Gasteiger partial charge in [-0.05, 0) is 41.1 Å². The van der Waals surface area contributed by atoms with Crippen LogP contribution in [0.2, 0.25) is 0 Å². The van der Waals surface area contributed by atoms with Gasteiger partial charge in [0.05, 0.1) is 5.56 Å². The highest BCUT2D eigenvalue weighted by molar-refractivity contribution is 7.17. The Morgan fingerprint density at radius 1 is 1.19 bits per heavy atom. The molecule has 0 aliphatic carbocycles. The molecule has 3 aromatic rings. The van der Waals surface area contributed by atoms with E-state index in [1.165, 1.54) is 23.5 Å². The van der Waals surface area contributed by atoms with E-state index in [1.807, 2.05) is 11.4 Å². The van der Waals surface area contributed by atoms with Crippen LogP contribution in [0.3, 0.4) is 0 Å². The Kier molecular flexibility index (Phi) is 3.58. The van der Waals surface area contributed by atoms with E-state index >= 15 is 0 Å². The van der Waals surface area contributed by atoms with Gasteiger partial charge in [-0.2, -0.15) is 0 Å². The van der Waals surface area contributed by atoms with E-state index in [1.54, 1.807) is 24.3 Å². The Labute approximate surface area is 124 Å². The molecule has 106 valence electrons. The molecule has 0 amide bonds. The number of fused-ring (bicyclic) bond motifs is 1. The van der Waals surface area contributed by atoms with Crippen LogP contribution in [0.1, 0.15) is 15.9 Å². The zero-order valence-electron chi connectivity index (χ0n) is 10.9. The minimum atomic E-state index is -0.937. The first-order valence-corrected chi connectivity index (χ1v) is 7.14. The summed E-state index contributed by atoms with van der Waals surface area (Å²) in [5, 5.41) is 11.9. The van der Waals surface area contributed by atoms with E-state index in [4.69, 9.17) is 9.84 Å². The Morgan fingerprint density at radius 2 is 1.95 bits per heavy atom. The monoisotopic (exact) mass is 302 g/mol. The van der Waals surface area contributed by atoms with Gasteiger partial charge in [-0.25, -0.2) is 9.18 Å². The molecule has 0 fully saturated rings. The summed E-state index contributed by atoms with van der Waals surface area (Å²) in [6.45, 7) is 0.314. The summed E-state index contributed by atoms with van der Waals surface area (Å²) in [5.74, 6) is -0.673. The van der Waals surface area contributed by atoms with Crippen molar-refractivity contribution >= 4 is 27.4 Å². The fourth-order valence-electron chi connectivity index (χ4n) is 2.08. The summed E-state index contributed by atoms with van der Waals surface area (Å²) < 4.78 is 19.2. The maximum absolute atomic E-state index is 12.8. The van der Waals surface area contributed by atoms with Gasteiger partial charge >= 0.3 is 5.97 Å². The highest BCUT2D eigenvalue weighted by Gasteiger charge is 2.12. The molecular weight excluding hydrogens is 291 g/mol. The predicted molar refractivity (Wildman–Crippen MR) is 79.5 cm³/mol. The first-order chi connectivity index (χ1) is 10.1. The van der Waals surface area contributed by atoms with E-state index in [0.29, 0.717) is 17.9 Å². The first-order valence-electron chi connectivity index (χ1n) is 6.26. The average Bonchev–Trinajstić information content (AvgIpc) is 2.89. The Bertz CT molecular complexity index is 793. The molecule has 5 heteroatoms. The second-order valence-corrected chi connectivity index (χ2v) is 5.37. The average molecular weight is 302 g/mol. The molecule has 0 spiro atoms. The number of aromatic carboxylic acids is 1. The van der Waals surface area contributed by atoms with E-state index in [2.05, 4.69) is 0 Å². The lowest BCUT2D eigenvalue weighted by atomic mass is 10.1. The number of hydrogen-bond acceptors (Lipinski definition) is 3. The third-order valence-electron chi connectivity index (χ3n) is 3.12. The number of hydrogen-bond donors (Lipinski definition) is 1. The molecule has 0 aliphatic rings. The SMILES string of the molecule is O=C(O)c1cccc2c(COc3ccc(F)cc3)csc12. The van der Waals surface area contributed by atoms with Gasteiger partial charge < -0.3 is 9.84 Å². The van der Waals surface area contributed by atoms with Crippen LogP contribution in [0, 0.1) is 5.82 Å². The van der Waals surface area contributed by atoms with Crippen molar-refractivity contribution in [2.75, 3.05) is 0 Å². The molecule has 3 nitrogen and oxygen atoms in total. The number of benzene rings is 2. The summed E-state index contributed by atoms with van der Waals surface area (Å²) in [6, 6.07) is 11.0. The zero-order chi connectivity index (χ0) is 14.8. The standard InChI is InChI=1S/C16H11FO3S/c17-11-4-6-12(7-5-11)20-8-10-9-21-15-13(10)2-1-3-14(15)16(18)19/h1-7,9H,8H2,(H,18,19). The molecule has 2 aromatic carbocycles. The van der Waals surface area contributed by atoms with Crippen molar-refractivity contribution in [3.05, 3.63) is 64.8 Å². The third-order valence-corrected chi connectivity index (χ3v) is 4.20. The predicted octanol–water partition coefficient (Wildman–Crippen LogP) is 4.32. The van der Waals surface area contributed by atoms with Gasteiger partial charge in [0.15, 0.2) is 0 Å². The fraction of sp³-hybridized carbons (Fsp3) is 0.0625.